The molecule has 1 aliphatic carbocycles. The molecule has 1 fully saturated rings. The van der Waals surface area contributed by atoms with Crippen molar-refractivity contribution in [2.24, 2.45) is 16.9 Å². The first-order valence-electron chi connectivity index (χ1n) is 10.5. The number of furan rings is 1. The predicted molar refractivity (Wildman–Crippen MR) is 113 cm³/mol. The second-order valence-corrected chi connectivity index (χ2v) is 8.30. The number of imide groups is 1. The Bertz CT molecular complexity index is 1060. The van der Waals surface area contributed by atoms with E-state index >= 15 is 0 Å². The first-order valence-corrected chi connectivity index (χ1v) is 10.5. The first kappa shape index (κ1) is 19.5. The quantitative estimate of drug-likeness (QED) is 0.565. The van der Waals surface area contributed by atoms with Gasteiger partial charge in [0.25, 0.3) is 5.91 Å². The molecule has 0 spiro atoms. The van der Waals surface area contributed by atoms with E-state index in [9.17, 15) is 14.4 Å². The molecule has 2 aromatic rings. The van der Waals surface area contributed by atoms with Gasteiger partial charge in [-0.2, -0.15) is 5.10 Å². The minimum Gasteiger partial charge on any atom is -0.467 e. The molecule has 1 saturated heterocycles. The fourth-order valence-corrected chi connectivity index (χ4v) is 4.60. The van der Waals surface area contributed by atoms with Crippen LogP contribution in [0.25, 0.3) is 0 Å². The molecule has 158 valence electrons. The number of benzene rings is 1. The number of hydrogen-bond donors (Lipinski definition) is 0. The second kappa shape index (κ2) is 7.65. The van der Waals surface area contributed by atoms with Gasteiger partial charge < -0.3 is 4.42 Å². The Hall–Kier alpha value is -3.48. The van der Waals surface area contributed by atoms with Gasteiger partial charge in [0.15, 0.2) is 0 Å². The zero-order valence-corrected chi connectivity index (χ0v) is 17.2. The van der Waals surface area contributed by atoms with Crippen molar-refractivity contribution in [3.05, 3.63) is 71.7 Å². The van der Waals surface area contributed by atoms with Gasteiger partial charge in [0.1, 0.15) is 18.3 Å². The lowest BCUT2D eigenvalue weighted by Crippen LogP contribution is -2.41. The molecule has 31 heavy (non-hydrogen) atoms. The highest BCUT2D eigenvalue weighted by molar-refractivity contribution is 6.08. The third-order valence-corrected chi connectivity index (χ3v) is 6.31. The van der Waals surface area contributed by atoms with Crippen LogP contribution in [0.4, 0.5) is 0 Å². The topological polar surface area (TPSA) is 83.2 Å². The van der Waals surface area contributed by atoms with Crippen molar-refractivity contribution in [2.75, 3.05) is 6.54 Å². The van der Waals surface area contributed by atoms with Gasteiger partial charge in [0.05, 0.1) is 23.8 Å². The number of likely N-dealkylation sites (tertiary alicyclic amines) is 1. The van der Waals surface area contributed by atoms with E-state index in [1.54, 1.807) is 12.3 Å². The third-order valence-electron chi connectivity index (χ3n) is 6.31. The summed E-state index contributed by atoms with van der Waals surface area (Å²) in [6.07, 6.45) is 7.03. The Labute approximate surface area is 180 Å². The zero-order chi connectivity index (χ0) is 21.5. The maximum Gasteiger partial charge on any atom is 0.263 e. The van der Waals surface area contributed by atoms with Gasteiger partial charge in [0, 0.05) is 6.42 Å². The molecule has 1 aromatic heterocycles. The maximum atomic E-state index is 13.3. The van der Waals surface area contributed by atoms with E-state index in [-0.39, 0.29) is 30.2 Å². The fourth-order valence-electron chi connectivity index (χ4n) is 4.60. The molecule has 3 atom stereocenters. The van der Waals surface area contributed by atoms with E-state index < -0.39 is 11.9 Å². The van der Waals surface area contributed by atoms with E-state index in [0.717, 1.165) is 21.7 Å². The molecule has 3 heterocycles. The van der Waals surface area contributed by atoms with Crippen LogP contribution >= 0.6 is 0 Å². The summed E-state index contributed by atoms with van der Waals surface area (Å²) in [7, 11) is 0. The molecule has 0 radical (unpaired) electrons. The highest BCUT2D eigenvalue weighted by Crippen LogP contribution is 2.36. The number of amides is 3. The predicted octanol–water partition coefficient (Wildman–Crippen LogP) is 3.22. The van der Waals surface area contributed by atoms with Gasteiger partial charge in [-0.1, -0.05) is 42.0 Å². The van der Waals surface area contributed by atoms with Crippen LogP contribution in [0.1, 0.15) is 42.2 Å². The van der Waals surface area contributed by atoms with Gasteiger partial charge >= 0.3 is 0 Å². The second-order valence-electron chi connectivity index (χ2n) is 8.30. The Balaban J connectivity index is 1.40. The van der Waals surface area contributed by atoms with Crippen molar-refractivity contribution >= 4 is 23.4 Å². The largest absolute Gasteiger partial charge is 0.467 e. The number of carbonyl (C=O) groups is 3. The molecule has 7 heteroatoms. The number of carbonyl (C=O) groups excluding carboxylic acids is 3. The lowest BCUT2D eigenvalue weighted by molar-refractivity contribution is -0.147. The van der Waals surface area contributed by atoms with Crippen LogP contribution in [0.5, 0.6) is 0 Å². The Morgan fingerprint density at radius 3 is 2.35 bits per heavy atom. The van der Waals surface area contributed by atoms with Crippen LogP contribution in [0, 0.1) is 18.8 Å². The summed E-state index contributed by atoms with van der Waals surface area (Å²) < 4.78 is 5.57. The minimum atomic E-state index is -0.407. The van der Waals surface area contributed by atoms with Gasteiger partial charge in [-0.15, -0.1) is 0 Å². The number of hydrazone groups is 1. The van der Waals surface area contributed by atoms with Crippen LogP contribution in [0.3, 0.4) is 0 Å². The summed E-state index contributed by atoms with van der Waals surface area (Å²) in [4.78, 5) is 39.9. The van der Waals surface area contributed by atoms with Gasteiger partial charge in [0.2, 0.25) is 11.8 Å². The van der Waals surface area contributed by atoms with E-state index in [4.69, 9.17) is 4.42 Å². The number of rotatable bonds is 4. The van der Waals surface area contributed by atoms with Crippen molar-refractivity contribution < 1.29 is 18.8 Å². The van der Waals surface area contributed by atoms with Crippen LogP contribution in [-0.2, 0) is 14.4 Å². The molecule has 0 bridgehead atoms. The molecule has 7 nitrogen and oxygen atoms in total. The van der Waals surface area contributed by atoms with Crippen molar-refractivity contribution in [3.63, 3.8) is 0 Å². The summed E-state index contributed by atoms with van der Waals surface area (Å²) >= 11 is 0. The van der Waals surface area contributed by atoms with Crippen LogP contribution < -0.4 is 0 Å². The average Bonchev–Trinajstić information content (AvgIpc) is 3.51. The van der Waals surface area contributed by atoms with Crippen molar-refractivity contribution in [2.45, 2.75) is 32.2 Å². The lowest BCUT2D eigenvalue weighted by atomic mass is 9.85. The molecular formula is C24H23N3O4. The molecule has 3 amide bonds. The highest BCUT2D eigenvalue weighted by Gasteiger charge is 2.48. The Kier molecular flexibility index (Phi) is 4.81. The SMILES string of the molecule is Cc1ccc(C2=NN(C(=O)CN3C(=O)[C@@H]4CC=CC[C@H]4C3=O)[C@@H](c3ccco3)C2)cc1. The Morgan fingerprint density at radius 2 is 1.74 bits per heavy atom. The Morgan fingerprint density at radius 1 is 1.06 bits per heavy atom. The van der Waals surface area contributed by atoms with E-state index in [1.165, 1.54) is 5.01 Å². The molecule has 0 unspecified atom stereocenters. The van der Waals surface area contributed by atoms with Crippen molar-refractivity contribution in [3.8, 4) is 0 Å². The van der Waals surface area contributed by atoms with Crippen LogP contribution in [-0.4, -0.2) is 39.9 Å². The van der Waals surface area contributed by atoms with E-state index in [0.29, 0.717) is 25.0 Å². The van der Waals surface area contributed by atoms with E-state index in [1.807, 2.05) is 49.4 Å². The molecule has 5 rings (SSSR count). The highest BCUT2D eigenvalue weighted by atomic mass is 16.3. The maximum absolute atomic E-state index is 13.3. The average molecular weight is 417 g/mol. The number of aryl methyl sites for hydroxylation is 1. The standard InChI is InChI=1S/C24H23N3O4/c1-15-8-10-16(11-9-15)19-13-20(21-7-4-12-31-21)27(25-19)22(28)14-26-23(29)17-5-2-3-6-18(17)24(26)30/h2-4,7-12,17-18,20H,5-6,13-14H2,1H3/t17-,18-,20-/m1/s1. The summed E-state index contributed by atoms with van der Waals surface area (Å²) in [5.74, 6) is -0.992. The summed E-state index contributed by atoms with van der Waals surface area (Å²) in [6.45, 7) is 1.71. The van der Waals surface area contributed by atoms with Crippen molar-refractivity contribution in [1.29, 1.82) is 0 Å². The molecule has 1 aromatic carbocycles. The summed E-state index contributed by atoms with van der Waals surface area (Å²) in [5, 5.41) is 5.96. The number of allylic oxidation sites excluding steroid dienone is 2. The van der Waals surface area contributed by atoms with Crippen LogP contribution in [0.2, 0.25) is 0 Å². The number of hydrogen-bond acceptors (Lipinski definition) is 5. The summed E-state index contributed by atoms with van der Waals surface area (Å²) in [6, 6.07) is 11.1. The van der Waals surface area contributed by atoms with Crippen LogP contribution in [0.15, 0.2) is 64.3 Å². The summed E-state index contributed by atoms with van der Waals surface area (Å²) in [5.41, 5.74) is 2.84. The minimum absolute atomic E-state index is 0.260. The molecular weight excluding hydrogens is 394 g/mol. The molecule has 3 aliphatic rings. The first-order chi connectivity index (χ1) is 15.0. The van der Waals surface area contributed by atoms with Gasteiger partial charge in [-0.25, -0.2) is 5.01 Å². The smallest absolute Gasteiger partial charge is 0.263 e. The molecule has 0 N–H and O–H groups in total. The van der Waals surface area contributed by atoms with E-state index in [2.05, 4.69) is 5.10 Å². The zero-order valence-electron chi connectivity index (χ0n) is 17.2. The van der Waals surface area contributed by atoms with Crippen molar-refractivity contribution in [1.82, 2.24) is 9.91 Å². The third kappa shape index (κ3) is 3.40. The number of nitrogens with zero attached hydrogens (tertiary/aromatic N) is 3. The van der Waals surface area contributed by atoms with Gasteiger partial charge in [-0.05, 0) is 37.5 Å². The lowest BCUT2D eigenvalue weighted by Gasteiger charge is -2.22. The monoisotopic (exact) mass is 417 g/mol. The van der Waals surface area contributed by atoms with Gasteiger partial charge in [-0.3, -0.25) is 19.3 Å². The fraction of sp³-hybridized carbons (Fsp3) is 0.333. The number of fused-ring (bicyclic) bond motifs is 1. The normalized spacial score (nSPS) is 25.2. The molecule has 0 saturated carbocycles. The molecule has 2 aliphatic heterocycles.